The molecule has 0 saturated carbocycles. The SMILES string of the molecule is CCc1ccc2c(CC(=O)N(C)Cc3ccc(Br)s3)coc2c1. The van der Waals surface area contributed by atoms with Crippen LogP contribution in [0.1, 0.15) is 22.9 Å². The minimum absolute atomic E-state index is 0.0943. The van der Waals surface area contributed by atoms with Crippen LogP contribution in [-0.4, -0.2) is 17.9 Å². The maximum atomic E-state index is 12.5. The number of thiophene rings is 1. The van der Waals surface area contributed by atoms with Gasteiger partial charge in [0.25, 0.3) is 0 Å². The first kappa shape index (κ1) is 16.3. The van der Waals surface area contributed by atoms with Crippen molar-refractivity contribution >= 4 is 44.1 Å². The van der Waals surface area contributed by atoms with Crippen LogP contribution in [0.3, 0.4) is 0 Å². The van der Waals surface area contributed by atoms with Crippen LogP contribution in [0.15, 0.2) is 44.8 Å². The second kappa shape index (κ2) is 6.89. The molecule has 0 saturated heterocycles. The average molecular weight is 392 g/mol. The first-order valence-electron chi connectivity index (χ1n) is 7.54. The first-order chi connectivity index (χ1) is 11.1. The van der Waals surface area contributed by atoms with E-state index in [1.807, 2.05) is 19.2 Å². The van der Waals surface area contributed by atoms with Crippen LogP contribution in [0.2, 0.25) is 0 Å². The summed E-state index contributed by atoms with van der Waals surface area (Å²) in [5.41, 5.74) is 3.05. The lowest BCUT2D eigenvalue weighted by molar-refractivity contribution is -0.129. The van der Waals surface area contributed by atoms with E-state index in [4.69, 9.17) is 4.42 Å². The van der Waals surface area contributed by atoms with Crippen molar-refractivity contribution in [2.24, 2.45) is 0 Å². The first-order valence-corrected chi connectivity index (χ1v) is 9.15. The summed E-state index contributed by atoms with van der Waals surface area (Å²) in [6.07, 6.45) is 3.04. The maximum absolute atomic E-state index is 12.5. The minimum Gasteiger partial charge on any atom is -0.464 e. The predicted octanol–water partition coefficient (Wildman–Crippen LogP) is 5.02. The fraction of sp³-hybridized carbons (Fsp3) is 0.278. The number of halogens is 1. The maximum Gasteiger partial charge on any atom is 0.227 e. The van der Waals surface area contributed by atoms with Gasteiger partial charge < -0.3 is 9.32 Å². The standard InChI is InChI=1S/C18H18BrNO2S/c1-3-12-4-6-15-13(11-22-16(15)8-12)9-18(21)20(2)10-14-5-7-17(19)23-14/h4-8,11H,3,9-10H2,1-2H3. The molecule has 120 valence electrons. The molecule has 2 aromatic heterocycles. The predicted molar refractivity (Wildman–Crippen MR) is 97.8 cm³/mol. The number of carbonyl (C=O) groups excluding carboxylic acids is 1. The number of hydrogen-bond donors (Lipinski definition) is 0. The van der Waals surface area contributed by atoms with Gasteiger partial charge in [-0.1, -0.05) is 19.1 Å². The van der Waals surface area contributed by atoms with Crippen LogP contribution in [-0.2, 0) is 24.2 Å². The van der Waals surface area contributed by atoms with Gasteiger partial charge in [-0.3, -0.25) is 4.79 Å². The summed E-state index contributed by atoms with van der Waals surface area (Å²) >= 11 is 5.10. The van der Waals surface area contributed by atoms with E-state index in [1.54, 1.807) is 22.5 Å². The van der Waals surface area contributed by atoms with Crippen LogP contribution in [0.4, 0.5) is 0 Å². The molecule has 0 N–H and O–H groups in total. The second-order valence-corrected chi connectivity index (χ2v) is 8.12. The van der Waals surface area contributed by atoms with Crippen molar-refractivity contribution in [1.29, 1.82) is 0 Å². The Morgan fingerprint density at radius 1 is 1.30 bits per heavy atom. The van der Waals surface area contributed by atoms with Gasteiger partial charge in [0.15, 0.2) is 0 Å². The van der Waals surface area contributed by atoms with Gasteiger partial charge in [0.05, 0.1) is 23.0 Å². The van der Waals surface area contributed by atoms with Crippen molar-refractivity contribution in [3.05, 3.63) is 56.4 Å². The van der Waals surface area contributed by atoms with Gasteiger partial charge in [0, 0.05) is 22.9 Å². The van der Waals surface area contributed by atoms with Gasteiger partial charge in [0.2, 0.25) is 5.91 Å². The largest absolute Gasteiger partial charge is 0.464 e. The summed E-state index contributed by atoms with van der Waals surface area (Å²) in [5.74, 6) is 0.0943. The molecular formula is C18H18BrNO2S. The lowest BCUT2D eigenvalue weighted by atomic mass is 10.1. The molecular weight excluding hydrogens is 374 g/mol. The highest BCUT2D eigenvalue weighted by Crippen LogP contribution is 2.25. The summed E-state index contributed by atoms with van der Waals surface area (Å²) < 4.78 is 6.70. The zero-order valence-electron chi connectivity index (χ0n) is 13.1. The van der Waals surface area contributed by atoms with Crippen molar-refractivity contribution in [1.82, 2.24) is 4.90 Å². The highest BCUT2D eigenvalue weighted by atomic mass is 79.9. The zero-order chi connectivity index (χ0) is 16.4. The molecule has 3 rings (SSSR count). The minimum atomic E-state index is 0.0943. The van der Waals surface area contributed by atoms with Crippen LogP contribution in [0.25, 0.3) is 11.0 Å². The van der Waals surface area contributed by atoms with Gasteiger partial charge in [-0.15, -0.1) is 11.3 Å². The monoisotopic (exact) mass is 391 g/mol. The molecule has 0 atom stereocenters. The fourth-order valence-electron chi connectivity index (χ4n) is 2.54. The van der Waals surface area contributed by atoms with Crippen LogP contribution in [0, 0.1) is 0 Å². The molecule has 1 aromatic carbocycles. The smallest absolute Gasteiger partial charge is 0.227 e. The van der Waals surface area contributed by atoms with Crippen molar-refractivity contribution in [2.75, 3.05) is 7.05 Å². The Kier molecular flexibility index (Phi) is 4.87. The Hall–Kier alpha value is -1.59. The molecule has 0 aliphatic rings. The number of rotatable bonds is 5. The Morgan fingerprint density at radius 3 is 2.83 bits per heavy atom. The van der Waals surface area contributed by atoms with Gasteiger partial charge in [-0.2, -0.15) is 0 Å². The Labute approximate surface area is 148 Å². The van der Waals surface area contributed by atoms with Gasteiger partial charge >= 0.3 is 0 Å². The van der Waals surface area contributed by atoms with E-state index in [2.05, 4.69) is 41.1 Å². The quantitative estimate of drug-likeness (QED) is 0.611. The average Bonchev–Trinajstić information content (AvgIpc) is 3.13. The van der Waals surface area contributed by atoms with E-state index in [0.29, 0.717) is 13.0 Å². The normalized spacial score (nSPS) is 11.1. The number of carbonyl (C=O) groups is 1. The summed E-state index contributed by atoms with van der Waals surface area (Å²) in [7, 11) is 1.84. The summed E-state index contributed by atoms with van der Waals surface area (Å²) in [4.78, 5) is 15.4. The van der Waals surface area contributed by atoms with Gasteiger partial charge in [0.1, 0.15) is 5.58 Å². The highest BCUT2D eigenvalue weighted by molar-refractivity contribution is 9.11. The lowest BCUT2D eigenvalue weighted by Gasteiger charge is -2.15. The number of furan rings is 1. The van der Waals surface area contributed by atoms with E-state index in [-0.39, 0.29) is 5.91 Å². The number of hydrogen-bond acceptors (Lipinski definition) is 3. The number of amides is 1. The molecule has 0 bridgehead atoms. The van der Waals surface area contributed by atoms with E-state index >= 15 is 0 Å². The molecule has 23 heavy (non-hydrogen) atoms. The molecule has 0 fully saturated rings. The van der Waals surface area contributed by atoms with E-state index < -0.39 is 0 Å². The number of fused-ring (bicyclic) bond motifs is 1. The molecule has 0 aliphatic carbocycles. The molecule has 0 unspecified atom stereocenters. The summed E-state index contributed by atoms with van der Waals surface area (Å²) in [5, 5.41) is 1.03. The fourth-order valence-corrected chi connectivity index (χ4v) is 4.08. The molecule has 0 radical (unpaired) electrons. The zero-order valence-corrected chi connectivity index (χ0v) is 15.5. The molecule has 3 aromatic rings. The van der Waals surface area contributed by atoms with Crippen molar-refractivity contribution < 1.29 is 9.21 Å². The van der Waals surface area contributed by atoms with Gasteiger partial charge in [-0.05, 0) is 46.1 Å². The van der Waals surface area contributed by atoms with Gasteiger partial charge in [-0.25, -0.2) is 0 Å². The summed E-state index contributed by atoms with van der Waals surface area (Å²) in [6, 6.07) is 10.2. The number of benzene rings is 1. The summed E-state index contributed by atoms with van der Waals surface area (Å²) in [6.45, 7) is 2.75. The van der Waals surface area contributed by atoms with Crippen LogP contribution in [0.5, 0.6) is 0 Å². The highest BCUT2D eigenvalue weighted by Gasteiger charge is 2.15. The molecule has 0 spiro atoms. The molecule has 2 heterocycles. The van der Waals surface area contributed by atoms with Crippen molar-refractivity contribution in [3.8, 4) is 0 Å². The van der Waals surface area contributed by atoms with E-state index in [0.717, 1.165) is 31.6 Å². The third kappa shape index (κ3) is 3.67. The Bertz CT molecular complexity index is 837. The molecule has 0 aliphatic heterocycles. The molecule has 5 heteroatoms. The topological polar surface area (TPSA) is 33.5 Å². The number of likely N-dealkylation sites (N-methyl/N-ethyl adjacent to an activating group) is 1. The third-order valence-electron chi connectivity index (χ3n) is 3.92. The van der Waals surface area contributed by atoms with Crippen molar-refractivity contribution in [3.63, 3.8) is 0 Å². The van der Waals surface area contributed by atoms with Crippen LogP contribution < -0.4 is 0 Å². The number of nitrogens with zero attached hydrogens (tertiary/aromatic N) is 1. The Morgan fingerprint density at radius 2 is 2.13 bits per heavy atom. The van der Waals surface area contributed by atoms with E-state index in [1.165, 1.54) is 5.56 Å². The molecule has 3 nitrogen and oxygen atoms in total. The lowest BCUT2D eigenvalue weighted by Crippen LogP contribution is -2.27. The Balaban J connectivity index is 1.72. The molecule has 1 amide bonds. The third-order valence-corrected chi connectivity index (χ3v) is 5.53. The van der Waals surface area contributed by atoms with E-state index in [9.17, 15) is 4.79 Å². The number of aryl methyl sites for hydroxylation is 1. The second-order valence-electron chi connectivity index (χ2n) is 5.58. The van der Waals surface area contributed by atoms with Crippen molar-refractivity contribution in [2.45, 2.75) is 26.3 Å². The van der Waals surface area contributed by atoms with Crippen LogP contribution >= 0.6 is 27.3 Å².